The summed E-state index contributed by atoms with van der Waals surface area (Å²) in [6.45, 7) is 2.42. The lowest BCUT2D eigenvalue weighted by Crippen LogP contribution is -2.55. The number of nitrogens with zero attached hydrogens (tertiary/aromatic N) is 1. The first kappa shape index (κ1) is 21.0. The number of likely N-dealkylation sites (N-methyl/N-ethyl adjacent to an activating group) is 1. The molecule has 148 valence electrons. The molecule has 26 heavy (non-hydrogen) atoms. The van der Waals surface area contributed by atoms with Crippen molar-refractivity contribution in [2.24, 2.45) is 5.92 Å². The Bertz CT molecular complexity index is 705. The van der Waals surface area contributed by atoms with Crippen LogP contribution in [0.2, 0.25) is 0 Å². The van der Waals surface area contributed by atoms with Crippen LogP contribution < -0.4 is 9.46 Å². The summed E-state index contributed by atoms with van der Waals surface area (Å²) in [6, 6.07) is 4.20. The molecule has 0 aromatic heterocycles. The lowest BCUT2D eigenvalue weighted by Gasteiger charge is -2.45. The summed E-state index contributed by atoms with van der Waals surface area (Å²) in [5.74, 6) is 0.0526. The molecule has 2 rings (SSSR count). The number of alkyl halides is 3. The van der Waals surface area contributed by atoms with E-state index < -0.39 is 22.1 Å². The van der Waals surface area contributed by atoms with Gasteiger partial charge < -0.3 is 9.64 Å². The van der Waals surface area contributed by atoms with Crippen LogP contribution >= 0.6 is 0 Å². The molecule has 1 aliphatic carbocycles. The lowest BCUT2D eigenvalue weighted by molar-refractivity contribution is -0.274. The van der Waals surface area contributed by atoms with Gasteiger partial charge >= 0.3 is 6.36 Å². The van der Waals surface area contributed by atoms with Gasteiger partial charge in [0.05, 0.1) is 4.90 Å². The second kappa shape index (κ2) is 7.74. The van der Waals surface area contributed by atoms with Crippen molar-refractivity contribution in [3.63, 3.8) is 0 Å². The van der Waals surface area contributed by atoms with Crippen LogP contribution in [-0.4, -0.2) is 45.9 Å². The van der Waals surface area contributed by atoms with Crippen molar-refractivity contribution in [3.05, 3.63) is 24.3 Å². The van der Waals surface area contributed by atoms with E-state index in [9.17, 15) is 21.6 Å². The number of nitrogens with one attached hydrogen (secondary N) is 1. The number of hydrogen-bond donors (Lipinski definition) is 1. The summed E-state index contributed by atoms with van der Waals surface area (Å²) in [6.07, 6.45) is -0.867. The van der Waals surface area contributed by atoms with E-state index in [2.05, 4.69) is 21.3 Å². The van der Waals surface area contributed by atoms with Crippen LogP contribution in [0.3, 0.4) is 0 Å². The zero-order valence-electron chi connectivity index (χ0n) is 15.1. The van der Waals surface area contributed by atoms with E-state index >= 15 is 0 Å². The zero-order valence-corrected chi connectivity index (χ0v) is 16.0. The Morgan fingerprint density at radius 2 is 1.88 bits per heavy atom. The van der Waals surface area contributed by atoms with Crippen LogP contribution in [0.4, 0.5) is 13.2 Å². The number of benzene rings is 1. The van der Waals surface area contributed by atoms with Crippen molar-refractivity contribution >= 4 is 10.0 Å². The van der Waals surface area contributed by atoms with E-state index in [0.29, 0.717) is 5.92 Å². The zero-order chi connectivity index (χ0) is 19.6. The van der Waals surface area contributed by atoms with Crippen molar-refractivity contribution in [3.8, 4) is 5.75 Å². The quantitative estimate of drug-likeness (QED) is 0.804. The van der Waals surface area contributed by atoms with Crippen molar-refractivity contribution in [1.82, 2.24) is 9.62 Å². The first-order chi connectivity index (χ1) is 11.9. The van der Waals surface area contributed by atoms with Crippen molar-refractivity contribution in [2.45, 2.75) is 49.4 Å². The first-order valence-electron chi connectivity index (χ1n) is 8.46. The molecule has 0 heterocycles. The predicted molar refractivity (Wildman–Crippen MR) is 92.4 cm³/mol. The predicted octanol–water partition coefficient (Wildman–Crippen LogP) is 3.37. The van der Waals surface area contributed by atoms with Gasteiger partial charge in [-0.25, -0.2) is 13.1 Å². The van der Waals surface area contributed by atoms with E-state index in [4.69, 9.17) is 0 Å². The van der Waals surface area contributed by atoms with E-state index in [1.165, 1.54) is 0 Å². The van der Waals surface area contributed by atoms with Gasteiger partial charge in [0.2, 0.25) is 10.0 Å². The monoisotopic (exact) mass is 394 g/mol. The number of hydrogen-bond acceptors (Lipinski definition) is 4. The van der Waals surface area contributed by atoms with Gasteiger partial charge in [0, 0.05) is 12.1 Å². The highest BCUT2D eigenvalue weighted by atomic mass is 32.2. The summed E-state index contributed by atoms with van der Waals surface area (Å²) in [5.41, 5.74) is -0.260. The summed E-state index contributed by atoms with van der Waals surface area (Å²) < 4.78 is 68.0. The highest BCUT2D eigenvalue weighted by Gasteiger charge is 2.38. The van der Waals surface area contributed by atoms with Crippen molar-refractivity contribution < 1.29 is 26.3 Å². The molecule has 1 saturated carbocycles. The molecule has 0 radical (unpaired) electrons. The smallest absolute Gasteiger partial charge is 0.406 e. The summed E-state index contributed by atoms with van der Waals surface area (Å²) in [5, 5.41) is 0. The highest BCUT2D eigenvalue weighted by molar-refractivity contribution is 7.89. The van der Waals surface area contributed by atoms with E-state index in [1.807, 2.05) is 14.1 Å². The molecular formula is C17H25F3N2O3S. The molecule has 1 aromatic carbocycles. The van der Waals surface area contributed by atoms with Gasteiger partial charge in [-0.05, 0) is 57.1 Å². The molecule has 1 aromatic rings. The van der Waals surface area contributed by atoms with Gasteiger partial charge in [-0.1, -0.05) is 19.8 Å². The van der Waals surface area contributed by atoms with E-state index in [1.54, 1.807) is 0 Å². The van der Waals surface area contributed by atoms with Crippen LogP contribution in [0.15, 0.2) is 29.2 Å². The van der Waals surface area contributed by atoms with Crippen LogP contribution in [0, 0.1) is 5.92 Å². The lowest BCUT2D eigenvalue weighted by atomic mass is 9.75. The molecule has 1 aliphatic rings. The van der Waals surface area contributed by atoms with Crippen molar-refractivity contribution in [2.75, 3.05) is 20.6 Å². The Kier molecular flexibility index (Phi) is 6.24. The normalized spacial score (nSPS) is 24.7. The van der Waals surface area contributed by atoms with Gasteiger partial charge in [-0.15, -0.1) is 13.2 Å². The topological polar surface area (TPSA) is 58.6 Å². The Morgan fingerprint density at radius 1 is 1.27 bits per heavy atom. The molecule has 1 fully saturated rings. The fraction of sp³-hybridized carbons (Fsp3) is 0.647. The molecular weight excluding hydrogens is 369 g/mol. The van der Waals surface area contributed by atoms with Gasteiger partial charge in [0.25, 0.3) is 0 Å². The van der Waals surface area contributed by atoms with E-state index in [0.717, 1.165) is 49.9 Å². The number of rotatable bonds is 6. The molecule has 1 N–H and O–H groups in total. The second-order valence-corrected chi connectivity index (χ2v) is 8.93. The number of halogens is 3. The van der Waals surface area contributed by atoms with Crippen LogP contribution in [0.25, 0.3) is 0 Å². The van der Waals surface area contributed by atoms with Gasteiger partial charge in [0.15, 0.2) is 0 Å². The average Bonchev–Trinajstić information content (AvgIpc) is 2.52. The maximum absolute atomic E-state index is 12.5. The third-order valence-electron chi connectivity index (χ3n) is 4.98. The third-order valence-corrected chi connectivity index (χ3v) is 6.39. The van der Waals surface area contributed by atoms with Gasteiger partial charge in [0.1, 0.15) is 5.75 Å². The summed E-state index contributed by atoms with van der Waals surface area (Å²) >= 11 is 0. The maximum atomic E-state index is 12.5. The first-order valence-corrected chi connectivity index (χ1v) is 9.95. The maximum Gasteiger partial charge on any atom is 0.573 e. The number of ether oxygens (including phenoxy) is 1. The van der Waals surface area contributed by atoms with Crippen LogP contribution in [0.5, 0.6) is 5.75 Å². The Hall–Kier alpha value is -1.32. The fourth-order valence-electron chi connectivity index (χ4n) is 3.49. The Morgan fingerprint density at radius 3 is 2.38 bits per heavy atom. The van der Waals surface area contributed by atoms with Crippen molar-refractivity contribution in [1.29, 1.82) is 0 Å². The van der Waals surface area contributed by atoms with Gasteiger partial charge in [-0.2, -0.15) is 0 Å². The molecule has 2 atom stereocenters. The standard InChI is InChI=1S/C17H25F3N2O3S/c1-13-5-4-10-16(11-13,22(2)3)12-21-26(23,24)15-8-6-14(7-9-15)25-17(18,19)20/h6-9,13,21H,4-5,10-12H2,1-3H3/t13-,16-/m0/s1. The minimum Gasteiger partial charge on any atom is -0.406 e. The molecule has 0 unspecified atom stereocenters. The summed E-state index contributed by atoms with van der Waals surface area (Å²) in [4.78, 5) is 1.97. The molecule has 0 amide bonds. The molecule has 0 aliphatic heterocycles. The minimum absolute atomic E-state index is 0.0928. The molecule has 5 nitrogen and oxygen atoms in total. The fourth-order valence-corrected chi connectivity index (χ4v) is 4.61. The van der Waals surface area contributed by atoms with Gasteiger partial charge in [-0.3, -0.25) is 0 Å². The van der Waals surface area contributed by atoms with Crippen LogP contribution in [-0.2, 0) is 10.0 Å². The SMILES string of the molecule is C[C@H]1CCC[C@](CNS(=O)(=O)c2ccc(OC(F)(F)F)cc2)(N(C)C)C1. The highest BCUT2D eigenvalue weighted by Crippen LogP contribution is 2.35. The Labute approximate surface area is 152 Å². The second-order valence-electron chi connectivity index (χ2n) is 7.16. The van der Waals surface area contributed by atoms with Crippen LogP contribution in [0.1, 0.15) is 32.6 Å². The molecule has 0 spiro atoms. The summed E-state index contributed by atoms with van der Waals surface area (Å²) in [7, 11) is 0.0575. The largest absolute Gasteiger partial charge is 0.573 e. The molecule has 0 saturated heterocycles. The van der Waals surface area contributed by atoms with E-state index in [-0.39, 0.29) is 17.0 Å². The average molecular weight is 394 g/mol. The molecule has 9 heteroatoms. The third kappa shape index (κ3) is 5.34. The minimum atomic E-state index is -4.81. The number of sulfonamides is 1. The Balaban J connectivity index is 2.10. The molecule has 0 bridgehead atoms.